The number of aryl methyl sites for hydroxylation is 2. The number of amides is 2. The minimum absolute atomic E-state index is 0.0169. The number of fused-ring (bicyclic) bond motifs is 1. The fourth-order valence-electron chi connectivity index (χ4n) is 3.06. The molecule has 2 aliphatic rings. The minimum atomic E-state index is -1.16. The lowest BCUT2D eigenvalue weighted by Crippen LogP contribution is -2.70. The predicted molar refractivity (Wildman–Crippen MR) is 108 cm³/mol. The first-order chi connectivity index (χ1) is 14.3. The van der Waals surface area contributed by atoms with Crippen molar-refractivity contribution in [3.05, 3.63) is 28.0 Å². The number of carbonyl (C=O) groups excluding carboxylic acids is 2. The number of nitrogens with zero attached hydrogens (tertiary/aromatic N) is 5. The van der Waals surface area contributed by atoms with Gasteiger partial charge in [-0.05, 0) is 12.5 Å². The molecule has 2 aliphatic heterocycles. The van der Waals surface area contributed by atoms with Crippen LogP contribution in [0.5, 0.6) is 0 Å². The molecule has 2 aromatic heterocycles. The van der Waals surface area contributed by atoms with Crippen molar-refractivity contribution >= 4 is 52.6 Å². The van der Waals surface area contributed by atoms with Crippen LogP contribution < -0.4 is 5.32 Å². The molecule has 2 N–H and O–H groups in total. The van der Waals surface area contributed by atoms with E-state index in [0.717, 1.165) is 9.35 Å². The highest BCUT2D eigenvalue weighted by Gasteiger charge is 2.54. The molecule has 11 nitrogen and oxygen atoms in total. The van der Waals surface area contributed by atoms with Crippen molar-refractivity contribution in [3.8, 4) is 0 Å². The highest BCUT2D eigenvalue weighted by atomic mass is 32.2. The van der Waals surface area contributed by atoms with Crippen LogP contribution in [-0.4, -0.2) is 71.0 Å². The normalized spacial score (nSPS) is 20.7. The number of thioether (sulfide) groups is 2. The first kappa shape index (κ1) is 20.8. The van der Waals surface area contributed by atoms with Crippen molar-refractivity contribution in [2.24, 2.45) is 0 Å². The molecule has 158 valence electrons. The van der Waals surface area contributed by atoms with Gasteiger partial charge >= 0.3 is 5.97 Å². The van der Waals surface area contributed by atoms with E-state index >= 15 is 0 Å². The van der Waals surface area contributed by atoms with Crippen molar-refractivity contribution in [3.63, 3.8) is 0 Å². The summed E-state index contributed by atoms with van der Waals surface area (Å²) in [5.41, 5.74) is 0.624. The van der Waals surface area contributed by atoms with Gasteiger partial charge in [-0.3, -0.25) is 14.5 Å². The number of carboxylic acid groups (broad SMARTS) is 1. The van der Waals surface area contributed by atoms with E-state index in [4.69, 9.17) is 4.52 Å². The number of aromatic nitrogens is 4. The van der Waals surface area contributed by atoms with Gasteiger partial charge in [0.2, 0.25) is 11.8 Å². The molecular formula is C16H16N6O5S3. The van der Waals surface area contributed by atoms with E-state index in [0.29, 0.717) is 23.0 Å². The summed E-state index contributed by atoms with van der Waals surface area (Å²) >= 11 is 4.24. The van der Waals surface area contributed by atoms with Crippen LogP contribution in [-0.2, 0) is 20.8 Å². The van der Waals surface area contributed by atoms with Crippen LogP contribution in [0.4, 0.5) is 0 Å². The monoisotopic (exact) mass is 468 g/mol. The summed E-state index contributed by atoms with van der Waals surface area (Å²) in [6, 6.07) is -0.787. The Morgan fingerprint density at radius 2 is 2.17 bits per heavy atom. The molecule has 1 fully saturated rings. The maximum atomic E-state index is 12.6. The van der Waals surface area contributed by atoms with E-state index in [9.17, 15) is 19.5 Å². The fraction of sp³-hybridized carbons (Fsp3) is 0.438. The second-order valence-corrected chi connectivity index (χ2v) is 10.0. The molecule has 0 aromatic carbocycles. The lowest BCUT2D eigenvalue weighted by atomic mass is 10.0. The van der Waals surface area contributed by atoms with Gasteiger partial charge in [-0.15, -0.1) is 22.0 Å². The third-order valence-corrected chi connectivity index (χ3v) is 7.73. The van der Waals surface area contributed by atoms with Gasteiger partial charge < -0.3 is 14.9 Å². The molecule has 4 rings (SSSR count). The first-order valence-electron chi connectivity index (χ1n) is 8.75. The quantitative estimate of drug-likeness (QED) is 0.434. The second-order valence-electron chi connectivity index (χ2n) is 6.49. The van der Waals surface area contributed by atoms with Crippen LogP contribution in [0.3, 0.4) is 0 Å². The third-order valence-electron chi connectivity index (χ3n) is 4.33. The molecule has 2 atom stereocenters. The van der Waals surface area contributed by atoms with E-state index in [-0.39, 0.29) is 17.9 Å². The highest BCUT2D eigenvalue weighted by molar-refractivity contribution is 8.01. The number of hydrogen-bond acceptors (Lipinski definition) is 11. The first-order valence-corrected chi connectivity index (χ1v) is 11.6. The average Bonchev–Trinajstić information content (AvgIpc) is 3.31. The van der Waals surface area contributed by atoms with Crippen LogP contribution in [0, 0.1) is 13.8 Å². The molecule has 0 aliphatic carbocycles. The van der Waals surface area contributed by atoms with Crippen LogP contribution >= 0.6 is 34.9 Å². The Balaban J connectivity index is 1.43. The molecule has 4 heterocycles. The summed E-state index contributed by atoms with van der Waals surface area (Å²) in [6.07, 6.45) is -0.122. The largest absolute Gasteiger partial charge is 0.477 e. The number of β-lactam (4-membered cyclic amide) rings is 1. The van der Waals surface area contributed by atoms with Crippen molar-refractivity contribution < 1.29 is 24.0 Å². The minimum Gasteiger partial charge on any atom is -0.477 e. The molecule has 0 radical (unpaired) electrons. The molecular weight excluding hydrogens is 452 g/mol. The zero-order valence-corrected chi connectivity index (χ0v) is 18.3. The van der Waals surface area contributed by atoms with E-state index in [1.807, 2.05) is 6.92 Å². The zero-order chi connectivity index (χ0) is 21.4. The Morgan fingerprint density at radius 1 is 1.37 bits per heavy atom. The van der Waals surface area contributed by atoms with Crippen molar-refractivity contribution in [1.82, 2.24) is 30.6 Å². The van der Waals surface area contributed by atoms with Crippen molar-refractivity contribution in [2.75, 3.05) is 11.5 Å². The standard InChI is InChI=1S/C16H16N6O5S3/c1-6-17-9(21-27-6)3-10(23)18-11-13(24)22-12(15(25)26)8(4-28-14(11)22)5-29-16-20-19-7(2)30-16/h11,14H,3-5H2,1-2H3,(H,18,23)(H,25,26)/t11?,14-/m0/s1. The Morgan fingerprint density at radius 3 is 2.80 bits per heavy atom. The molecule has 1 saturated heterocycles. The molecule has 14 heteroatoms. The summed E-state index contributed by atoms with van der Waals surface area (Å²) < 4.78 is 5.57. The lowest BCUT2D eigenvalue weighted by Gasteiger charge is -2.49. The summed E-state index contributed by atoms with van der Waals surface area (Å²) in [7, 11) is 0. The lowest BCUT2D eigenvalue weighted by molar-refractivity contribution is -0.150. The molecule has 2 amide bonds. The molecule has 0 bridgehead atoms. The molecule has 2 aromatic rings. The molecule has 0 saturated carbocycles. The second kappa shape index (κ2) is 8.35. The SMILES string of the molecule is Cc1nc(CC(=O)NC2C(=O)N3C(C(=O)O)=C(CSc4nnc(C)s4)CS[C@@H]23)no1. The molecule has 1 unspecified atom stereocenters. The smallest absolute Gasteiger partial charge is 0.352 e. The Labute approximate surface area is 182 Å². The topological polar surface area (TPSA) is 151 Å². The van der Waals surface area contributed by atoms with Gasteiger partial charge in [-0.2, -0.15) is 4.98 Å². The van der Waals surface area contributed by atoms with E-state index in [1.54, 1.807) is 6.92 Å². The maximum Gasteiger partial charge on any atom is 0.352 e. The van der Waals surface area contributed by atoms with Crippen molar-refractivity contribution in [1.29, 1.82) is 0 Å². The van der Waals surface area contributed by atoms with Crippen LogP contribution in [0.1, 0.15) is 16.7 Å². The van der Waals surface area contributed by atoms with Gasteiger partial charge in [0.25, 0.3) is 5.91 Å². The number of rotatable bonds is 7. The van der Waals surface area contributed by atoms with Gasteiger partial charge in [-0.1, -0.05) is 28.3 Å². The van der Waals surface area contributed by atoms with E-state index < -0.39 is 29.2 Å². The number of carbonyl (C=O) groups is 3. The number of carboxylic acids is 1. The molecule has 0 spiro atoms. The van der Waals surface area contributed by atoms with Crippen LogP contribution in [0.15, 0.2) is 20.1 Å². The Hall–Kier alpha value is -2.45. The van der Waals surface area contributed by atoms with Gasteiger partial charge in [-0.25, -0.2) is 4.79 Å². The van der Waals surface area contributed by atoms with Crippen LogP contribution in [0.2, 0.25) is 0 Å². The van der Waals surface area contributed by atoms with Crippen molar-refractivity contribution in [2.45, 2.75) is 36.0 Å². The van der Waals surface area contributed by atoms with Gasteiger partial charge in [0.15, 0.2) is 10.2 Å². The number of aliphatic carboxylic acids is 1. The summed E-state index contributed by atoms with van der Waals surface area (Å²) in [4.78, 5) is 42.0. The predicted octanol–water partition coefficient (Wildman–Crippen LogP) is 0.611. The maximum absolute atomic E-state index is 12.6. The molecule has 30 heavy (non-hydrogen) atoms. The number of nitrogens with one attached hydrogen (secondary N) is 1. The van der Waals surface area contributed by atoms with Gasteiger partial charge in [0.05, 0.1) is 6.42 Å². The van der Waals surface area contributed by atoms with Crippen LogP contribution in [0.25, 0.3) is 0 Å². The van der Waals surface area contributed by atoms with E-state index in [2.05, 4.69) is 25.7 Å². The third kappa shape index (κ3) is 4.06. The summed E-state index contributed by atoms with van der Waals surface area (Å²) in [5, 5.41) is 24.3. The van der Waals surface area contributed by atoms with Gasteiger partial charge in [0.1, 0.15) is 22.1 Å². The average molecular weight is 469 g/mol. The fourth-order valence-corrected chi connectivity index (χ4v) is 6.36. The van der Waals surface area contributed by atoms with Gasteiger partial charge in [0, 0.05) is 18.4 Å². The summed E-state index contributed by atoms with van der Waals surface area (Å²) in [5.74, 6) is -0.630. The zero-order valence-electron chi connectivity index (χ0n) is 15.8. The Bertz CT molecular complexity index is 1050. The van der Waals surface area contributed by atoms with E-state index in [1.165, 1.54) is 39.8 Å². The Kier molecular flexibility index (Phi) is 5.79. The number of hydrogen-bond donors (Lipinski definition) is 2. The summed E-state index contributed by atoms with van der Waals surface area (Å²) in [6.45, 7) is 3.46. The highest BCUT2D eigenvalue weighted by Crippen LogP contribution is 2.41.